The van der Waals surface area contributed by atoms with Gasteiger partial charge < -0.3 is 5.11 Å². The number of allylic oxidation sites excluding steroid dienone is 4. The van der Waals surface area contributed by atoms with E-state index in [9.17, 15) is 9.90 Å². The lowest BCUT2D eigenvalue weighted by atomic mass is 9.47. The van der Waals surface area contributed by atoms with Crippen LogP contribution in [0.15, 0.2) is 23.3 Å². The van der Waals surface area contributed by atoms with Gasteiger partial charge in [0, 0.05) is 0 Å². The first-order valence-electron chi connectivity index (χ1n) is 8.93. The van der Waals surface area contributed by atoms with Gasteiger partial charge in [-0.05, 0) is 67.8 Å². The van der Waals surface area contributed by atoms with Crippen LogP contribution in [0.5, 0.6) is 0 Å². The summed E-state index contributed by atoms with van der Waals surface area (Å²) in [6.07, 6.45) is 11.2. The van der Waals surface area contributed by atoms with E-state index in [2.05, 4.69) is 32.9 Å². The summed E-state index contributed by atoms with van der Waals surface area (Å²) in [5, 5.41) is 9.83. The van der Waals surface area contributed by atoms with E-state index in [4.69, 9.17) is 0 Å². The molecule has 0 amide bonds. The summed E-state index contributed by atoms with van der Waals surface area (Å²) in [5.41, 5.74) is 2.69. The Morgan fingerprint density at radius 2 is 2.05 bits per heavy atom. The molecule has 2 heteroatoms. The fourth-order valence-electron chi connectivity index (χ4n) is 5.60. The second kappa shape index (κ2) is 5.25. The predicted octanol–water partition coefficient (Wildman–Crippen LogP) is 5.21. The molecule has 0 bridgehead atoms. The Balaban J connectivity index is 2.00. The van der Waals surface area contributed by atoms with Gasteiger partial charge in [-0.15, -0.1) is 0 Å². The van der Waals surface area contributed by atoms with E-state index in [0.717, 1.165) is 19.3 Å². The Bertz CT molecular complexity index is 542. The third-order valence-electron chi connectivity index (χ3n) is 7.07. The standard InChI is InChI=1S/C20H30O2/c1-13(2)14-6-8-16-15(12-14)7-9-17-19(16,3)10-5-11-20(17,4)18(21)22/h7,12-13,16-17H,5-6,8-11H2,1-4H3,(H,21,22)/t16?,17?,19-,20?/m1/s1. The Hall–Kier alpha value is -1.05. The fourth-order valence-corrected chi connectivity index (χ4v) is 5.60. The Labute approximate surface area is 134 Å². The Morgan fingerprint density at radius 1 is 1.32 bits per heavy atom. The average Bonchev–Trinajstić information content (AvgIpc) is 2.46. The number of carbonyl (C=O) groups is 1. The zero-order chi connectivity index (χ0) is 16.1. The summed E-state index contributed by atoms with van der Waals surface area (Å²) in [7, 11) is 0. The highest BCUT2D eigenvalue weighted by molar-refractivity contribution is 5.75. The van der Waals surface area contributed by atoms with Gasteiger partial charge in [0.25, 0.3) is 0 Å². The largest absolute Gasteiger partial charge is 0.481 e. The van der Waals surface area contributed by atoms with Crippen LogP contribution in [-0.4, -0.2) is 11.1 Å². The zero-order valence-electron chi connectivity index (χ0n) is 14.5. The first kappa shape index (κ1) is 15.8. The molecule has 0 aromatic heterocycles. The van der Waals surface area contributed by atoms with Gasteiger partial charge in [0.1, 0.15) is 0 Å². The molecule has 3 aliphatic carbocycles. The van der Waals surface area contributed by atoms with Crippen LogP contribution in [0.3, 0.4) is 0 Å². The van der Waals surface area contributed by atoms with Crippen LogP contribution < -0.4 is 0 Å². The molecule has 1 N–H and O–H groups in total. The van der Waals surface area contributed by atoms with E-state index in [1.807, 2.05) is 6.92 Å². The smallest absolute Gasteiger partial charge is 0.309 e. The molecule has 0 aliphatic heterocycles. The van der Waals surface area contributed by atoms with Crippen LogP contribution in [0.4, 0.5) is 0 Å². The highest BCUT2D eigenvalue weighted by atomic mass is 16.4. The molecule has 2 nitrogen and oxygen atoms in total. The Morgan fingerprint density at radius 3 is 2.68 bits per heavy atom. The maximum absolute atomic E-state index is 11.9. The van der Waals surface area contributed by atoms with Crippen molar-refractivity contribution in [2.45, 2.75) is 66.2 Å². The van der Waals surface area contributed by atoms with Gasteiger partial charge in [-0.1, -0.05) is 44.9 Å². The zero-order valence-corrected chi connectivity index (χ0v) is 14.5. The minimum absolute atomic E-state index is 0.161. The number of rotatable bonds is 2. The van der Waals surface area contributed by atoms with Gasteiger partial charge in [0.15, 0.2) is 0 Å². The van der Waals surface area contributed by atoms with Crippen molar-refractivity contribution in [3.05, 3.63) is 23.3 Å². The summed E-state index contributed by atoms with van der Waals surface area (Å²) in [6, 6.07) is 0. The number of aliphatic carboxylic acids is 1. The number of hydrogen-bond donors (Lipinski definition) is 1. The molecular formula is C20H30O2. The third kappa shape index (κ3) is 2.18. The van der Waals surface area contributed by atoms with Crippen molar-refractivity contribution in [3.8, 4) is 0 Å². The van der Waals surface area contributed by atoms with Gasteiger partial charge in [-0.3, -0.25) is 4.79 Å². The van der Waals surface area contributed by atoms with Crippen LogP contribution in [-0.2, 0) is 4.79 Å². The molecule has 0 aromatic rings. The highest BCUT2D eigenvalue weighted by Gasteiger charge is 2.57. The normalized spacial score (nSPS) is 41.3. The molecule has 22 heavy (non-hydrogen) atoms. The number of carboxylic acids is 1. The highest BCUT2D eigenvalue weighted by Crippen LogP contribution is 2.62. The molecule has 0 radical (unpaired) electrons. The van der Waals surface area contributed by atoms with E-state index in [-0.39, 0.29) is 11.3 Å². The van der Waals surface area contributed by atoms with Crippen molar-refractivity contribution in [2.24, 2.45) is 28.6 Å². The minimum Gasteiger partial charge on any atom is -0.481 e. The van der Waals surface area contributed by atoms with Crippen LogP contribution >= 0.6 is 0 Å². The first-order chi connectivity index (χ1) is 10.3. The molecule has 4 atom stereocenters. The number of hydrogen-bond acceptors (Lipinski definition) is 1. The van der Waals surface area contributed by atoms with Crippen molar-refractivity contribution in [2.75, 3.05) is 0 Å². The van der Waals surface area contributed by atoms with Crippen molar-refractivity contribution in [1.82, 2.24) is 0 Å². The second-order valence-corrected chi connectivity index (χ2v) is 8.54. The number of carboxylic acid groups (broad SMARTS) is 1. The van der Waals surface area contributed by atoms with Gasteiger partial charge in [0.05, 0.1) is 5.41 Å². The molecule has 0 spiro atoms. The van der Waals surface area contributed by atoms with E-state index < -0.39 is 11.4 Å². The molecule has 3 unspecified atom stereocenters. The van der Waals surface area contributed by atoms with Gasteiger partial charge in [-0.2, -0.15) is 0 Å². The summed E-state index contributed by atoms with van der Waals surface area (Å²) in [4.78, 5) is 11.9. The fraction of sp³-hybridized carbons (Fsp3) is 0.750. The molecule has 1 fully saturated rings. The van der Waals surface area contributed by atoms with E-state index in [0.29, 0.717) is 11.8 Å². The molecule has 0 saturated heterocycles. The van der Waals surface area contributed by atoms with Gasteiger partial charge >= 0.3 is 5.97 Å². The maximum atomic E-state index is 11.9. The lowest BCUT2D eigenvalue weighted by Gasteiger charge is -2.57. The number of fused-ring (bicyclic) bond motifs is 3. The molecular weight excluding hydrogens is 272 g/mol. The summed E-state index contributed by atoms with van der Waals surface area (Å²) in [6.45, 7) is 8.93. The lowest BCUT2D eigenvalue weighted by molar-refractivity contribution is -0.162. The first-order valence-corrected chi connectivity index (χ1v) is 8.93. The monoisotopic (exact) mass is 302 g/mol. The molecule has 3 rings (SSSR count). The van der Waals surface area contributed by atoms with E-state index in [1.165, 1.54) is 24.8 Å². The third-order valence-corrected chi connectivity index (χ3v) is 7.07. The van der Waals surface area contributed by atoms with Crippen LogP contribution in [0.25, 0.3) is 0 Å². The Kier molecular flexibility index (Phi) is 3.78. The van der Waals surface area contributed by atoms with Crippen molar-refractivity contribution >= 4 is 5.97 Å². The van der Waals surface area contributed by atoms with Crippen molar-refractivity contribution in [3.63, 3.8) is 0 Å². The van der Waals surface area contributed by atoms with Gasteiger partial charge in [0.2, 0.25) is 0 Å². The predicted molar refractivity (Wildman–Crippen MR) is 89.5 cm³/mol. The molecule has 0 aromatic carbocycles. The summed E-state index contributed by atoms with van der Waals surface area (Å²) < 4.78 is 0. The average molecular weight is 302 g/mol. The van der Waals surface area contributed by atoms with Crippen LogP contribution in [0.1, 0.15) is 66.2 Å². The van der Waals surface area contributed by atoms with E-state index >= 15 is 0 Å². The van der Waals surface area contributed by atoms with Crippen LogP contribution in [0.2, 0.25) is 0 Å². The second-order valence-electron chi connectivity index (χ2n) is 8.54. The summed E-state index contributed by atoms with van der Waals surface area (Å²) >= 11 is 0. The maximum Gasteiger partial charge on any atom is 0.309 e. The lowest BCUT2D eigenvalue weighted by Crippen LogP contribution is -2.53. The molecule has 0 heterocycles. The molecule has 122 valence electrons. The van der Waals surface area contributed by atoms with Crippen LogP contribution in [0, 0.1) is 28.6 Å². The minimum atomic E-state index is -0.588. The quantitative estimate of drug-likeness (QED) is 0.760. The molecule has 1 saturated carbocycles. The summed E-state index contributed by atoms with van der Waals surface area (Å²) in [5.74, 6) is 0.888. The van der Waals surface area contributed by atoms with Crippen molar-refractivity contribution in [1.29, 1.82) is 0 Å². The molecule has 3 aliphatic rings. The topological polar surface area (TPSA) is 37.3 Å². The van der Waals surface area contributed by atoms with Crippen molar-refractivity contribution < 1.29 is 9.90 Å². The SMILES string of the molecule is CC(C)C1=CC2=CCC3C(C)(C(=O)O)CCC[C@]3(C)C2CC1. The van der Waals surface area contributed by atoms with Gasteiger partial charge in [-0.25, -0.2) is 0 Å². The van der Waals surface area contributed by atoms with E-state index in [1.54, 1.807) is 5.57 Å².